The third-order valence-corrected chi connectivity index (χ3v) is 4.03. The summed E-state index contributed by atoms with van der Waals surface area (Å²) in [5.41, 5.74) is 1.72. The third-order valence-electron chi connectivity index (χ3n) is 4.03. The van der Waals surface area contributed by atoms with Gasteiger partial charge in [0.25, 0.3) is 0 Å². The summed E-state index contributed by atoms with van der Waals surface area (Å²) in [5.74, 6) is 0.555. The molecule has 0 radical (unpaired) electrons. The first-order valence-corrected chi connectivity index (χ1v) is 5.60. The number of hydrogen-bond acceptors (Lipinski definition) is 2. The first kappa shape index (κ1) is 9.16. The van der Waals surface area contributed by atoms with E-state index in [1.165, 1.54) is 24.8 Å². The summed E-state index contributed by atoms with van der Waals surface area (Å²) >= 11 is 0. The number of likely N-dealkylation sites (tertiary alicyclic amines) is 1. The SMILES string of the molecule is CN1CC(c2cc[nH]c(=O)c2)CC12CC2. The molecule has 1 N–H and O–H groups in total. The Morgan fingerprint density at radius 2 is 2.33 bits per heavy atom. The van der Waals surface area contributed by atoms with Gasteiger partial charge in [-0.3, -0.25) is 4.79 Å². The highest BCUT2D eigenvalue weighted by atomic mass is 16.1. The van der Waals surface area contributed by atoms with Crippen LogP contribution in [-0.4, -0.2) is 29.0 Å². The standard InChI is InChI=1S/C12H16N2O/c1-14-8-10(7-12(14)3-4-12)9-2-5-13-11(15)6-9/h2,5-6,10H,3-4,7-8H2,1H3,(H,13,15). The number of likely N-dealkylation sites (N-methyl/N-ethyl adjacent to an activating group) is 1. The molecule has 3 nitrogen and oxygen atoms in total. The molecule has 2 aliphatic rings. The Morgan fingerprint density at radius 3 is 2.93 bits per heavy atom. The fourth-order valence-electron chi connectivity index (χ4n) is 2.87. The van der Waals surface area contributed by atoms with Crippen molar-refractivity contribution < 1.29 is 0 Å². The molecule has 80 valence electrons. The van der Waals surface area contributed by atoms with Crippen LogP contribution in [0.1, 0.15) is 30.7 Å². The van der Waals surface area contributed by atoms with E-state index >= 15 is 0 Å². The summed E-state index contributed by atoms with van der Waals surface area (Å²) in [6.07, 6.45) is 5.66. The van der Waals surface area contributed by atoms with Crippen molar-refractivity contribution in [2.45, 2.75) is 30.7 Å². The maximum atomic E-state index is 11.2. The molecule has 1 unspecified atom stereocenters. The zero-order valence-corrected chi connectivity index (χ0v) is 8.99. The summed E-state index contributed by atoms with van der Waals surface area (Å²) in [6.45, 7) is 1.10. The molecule has 3 heteroatoms. The summed E-state index contributed by atoms with van der Waals surface area (Å²) in [5, 5.41) is 0. The second kappa shape index (κ2) is 2.95. The van der Waals surface area contributed by atoms with E-state index in [0.29, 0.717) is 11.5 Å². The normalized spacial score (nSPS) is 28.5. The van der Waals surface area contributed by atoms with Crippen LogP contribution in [-0.2, 0) is 0 Å². The van der Waals surface area contributed by atoms with Crippen molar-refractivity contribution in [3.8, 4) is 0 Å². The Hall–Kier alpha value is -1.09. The molecule has 3 rings (SSSR count). The molecule has 1 atom stereocenters. The van der Waals surface area contributed by atoms with E-state index in [1.54, 1.807) is 12.3 Å². The van der Waals surface area contributed by atoms with Gasteiger partial charge in [0.2, 0.25) is 5.56 Å². The Labute approximate surface area is 89.1 Å². The van der Waals surface area contributed by atoms with Crippen LogP contribution < -0.4 is 5.56 Å². The van der Waals surface area contributed by atoms with Gasteiger partial charge in [0.05, 0.1) is 0 Å². The minimum absolute atomic E-state index is 0.0203. The molecule has 15 heavy (non-hydrogen) atoms. The molecule has 2 heterocycles. The minimum atomic E-state index is 0.0203. The highest BCUT2D eigenvalue weighted by Gasteiger charge is 2.52. The van der Waals surface area contributed by atoms with Gasteiger partial charge in [0.1, 0.15) is 0 Å². The summed E-state index contributed by atoms with van der Waals surface area (Å²) in [4.78, 5) is 16.4. The van der Waals surface area contributed by atoms with Crippen LogP contribution in [0.4, 0.5) is 0 Å². The second-order valence-corrected chi connectivity index (χ2v) is 4.99. The van der Waals surface area contributed by atoms with Gasteiger partial charge >= 0.3 is 0 Å². The molecule has 1 aromatic rings. The molecule has 1 saturated carbocycles. The van der Waals surface area contributed by atoms with Crippen molar-refractivity contribution in [1.29, 1.82) is 0 Å². The van der Waals surface area contributed by atoms with Crippen molar-refractivity contribution in [3.63, 3.8) is 0 Å². The van der Waals surface area contributed by atoms with Gasteiger partial charge < -0.3 is 9.88 Å². The van der Waals surface area contributed by atoms with Gasteiger partial charge in [-0.1, -0.05) is 0 Å². The fourth-order valence-corrected chi connectivity index (χ4v) is 2.87. The lowest BCUT2D eigenvalue weighted by atomic mass is 9.96. The maximum Gasteiger partial charge on any atom is 0.248 e. The van der Waals surface area contributed by atoms with Crippen molar-refractivity contribution in [3.05, 3.63) is 34.2 Å². The predicted octanol–water partition coefficient (Wildman–Crippen LogP) is 1.33. The van der Waals surface area contributed by atoms with Gasteiger partial charge in [-0.2, -0.15) is 0 Å². The van der Waals surface area contributed by atoms with E-state index in [0.717, 1.165) is 6.54 Å². The maximum absolute atomic E-state index is 11.2. The van der Waals surface area contributed by atoms with Crippen LogP contribution >= 0.6 is 0 Å². The lowest BCUT2D eigenvalue weighted by molar-refractivity contribution is 0.291. The smallest absolute Gasteiger partial charge is 0.248 e. The lowest BCUT2D eigenvalue weighted by Gasteiger charge is -2.16. The minimum Gasteiger partial charge on any atom is -0.329 e. The molecule has 0 aromatic carbocycles. The number of aromatic amines is 1. The monoisotopic (exact) mass is 204 g/mol. The highest BCUT2D eigenvalue weighted by molar-refractivity contribution is 5.23. The average molecular weight is 204 g/mol. The molecule has 1 aliphatic carbocycles. The molecule has 1 aromatic heterocycles. The molecule has 0 amide bonds. The first-order chi connectivity index (χ1) is 7.20. The number of nitrogens with one attached hydrogen (secondary N) is 1. The number of hydrogen-bond donors (Lipinski definition) is 1. The van der Waals surface area contributed by atoms with Crippen LogP contribution in [0.2, 0.25) is 0 Å². The van der Waals surface area contributed by atoms with Gasteiger partial charge in [-0.15, -0.1) is 0 Å². The number of H-pyrrole nitrogens is 1. The number of nitrogens with zero attached hydrogens (tertiary/aromatic N) is 1. The lowest BCUT2D eigenvalue weighted by Crippen LogP contribution is -2.26. The van der Waals surface area contributed by atoms with Crippen molar-refractivity contribution in [1.82, 2.24) is 9.88 Å². The van der Waals surface area contributed by atoms with Crippen LogP contribution in [0.25, 0.3) is 0 Å². The predicted molar refractivity (Wildman–Crippen MR) is 59.0 cm³/mol. The largest absolute Gasteiger partial charge is 0.329 e. The van der Waals surface area contributed by atoms with Gasteiger partial charge in [0.15, 0.2) is 0 Å². The Balaban J connectivity index is 1.88. The van der Waals surface area contributed by atoms with Gasteiger partial charge in [-0.05, 0) is 43.9 Å². The molecule has 1 saturated heterocycles. The summed E-state index contributed by atoms with van der Waals surface area (Å²) < 4.78 is 0. The molecular weight excluding hydrogens is 188 g/mol. The third kappa shape index (κ3) is 1.42. The second-order valence-electron chi connectivity index (χ2n) is 4.99. The number of pyridine rings is 1. The fraction of sp³-hybridized carbons (Fsp3) is 0.583. The van der Waals surface area contributed by atoms with E-state index in [9.17, 15) is 4.79 Å². The molecule has 1 aliphatic heterocycles. The Bertz CT molecular complexity index is 433. The van der Waals surface area contributed by atoms with Gasteiger partial charge in [0, 0.05) is 24.3 Å². The van der Waals surface area contributed by atoms with E-state index < -0.39 is 0 Å². The van der Waals surface area contributed by atoms with Crippen LogP contribution in [0.3, 0.4) is 0 Å². The molecular formula is C12H16N2O. The summed E-state index contributed by atoms with van der Waals surface area (Å²) in [7, 11) is 2.21. The quantitative estimate of drug-likeness (QED) is 0.749. The van der Waals surface area contributed by atoms with Crippen LogP contribution in [0, 0.1) is 0 Å². The zero-order valence-electron chi connectivity index (χ0n) is 8.99. The molecule has 0 bridgehead atoms. The summed E-state index contributed by atoms with van der Waals surface area (Å²) in [6, 6.07) is 3.79. The average Bonchev–Trinajstić information content (AvgIpc) is 2.90. The van der Waals surface area contributed by atoms with E-state index in [1.807, 2.05) is 6.07 Å². The van der Waals surface area contributed by atoms with E-state index in [4.69, 9.17) is 0 Å². The van der Waals surface area contributed by atoms with Gasteiger partial charge in [-0.25, -0.2) is 0 Å². The van der Waals surface area contributed by atoms with Crippen molar-refractivity contribution in [2.24, 2.45) is 0 Å². The zero-order chi connectivity index (χ0) is 10.5. The van der Waals surface area contributed by atoms with Crippen molar-refractivity contribution >= 4 is 0 Å². The van der Waals surface area contributed by atoms with Crippen molar-refractivity contribution in [2.75, 3.05) is 13.6 Å². The number of aromatic nitrogens is 1. The highest BCUT2D eigenvalue weighted by Crippen LogP contribution is 2.52. The van der Waals surface area contributed by atoms with E-state index in [2.05, 4.69) is 16.9 Å². The van der Waals surface area contributed by atoms with Crippen LogP contribution in [0.15, 0.2) is 23.1 Å². The number of rotatable bonds is 1. The molecule has 1 spiro atoms. The van der Waals surface area contributed by atoms with Crippen LogP contribution in [0.5, 0.6) is 0 Å². The Morgan fingerprint density at radius 1 is 1.53 bits per heavy atom. The topological polar surface area (TPSA) is 36.1 Å². The molecule has 2 fully saturated rings. The first-order valence-electron chi connectivity index (χ1n) is 5.60. The van der Waals surface area contributed by atoms with E-state index in [-0.39, 0.29) is 5.56 Å². The Kier molecular flexibility index (Phi) is 1.80.